The van der Waals surface area contributed by atoms with Crippen LogP contribution in [-0.2, 0) is 11.3 Å². The lowest BCUT2D eigenvalue weighted by Gasteiger charge is -2.34. The van der Waals surface area contributed by atoms with Crippen molar-refractivity contribution in [1.29, 1.82) is 0 Å². The van der Waals surface area contributed by atoms with Gasteiger partial charge in [-0.1, -0.05) is 29.3 Å². The van der Waals surface area contributed by atoms with E-state index in [2.05, 4.69) is 4.90 Å². The fraction of sp³-hybridized carbons (Fsp3) is 0.462. The minimum absolute atomic E-state index is 0.213. The molecule has 1 N–H and O–H groups in total. The molecule has 0 aromatic heterocycles. The molecule has 2 rings (SSSR count). The molecule has 0 spiro atoms. The summed E-state index contributed by atoms with van der Waals surface area (Å²) in [4.78, 5) is 15.2. The van der Waals surface area contributed by atoms with Gasteiger partial charge in [0.25, 0.3) is 0 Å². The van der Waals surface area contributed by atoms with E-state index in [0.29, 0.717) is 29.7 Å². The van der Waals surface area contributed by atoms with Gasteiger partial charge in [0, 0.05) is 48.3 Å². The first-order valence-electron chi connectivity index (χ1n) is 6.15. The van der Waals surface area contributed by atoms with E-state index in [4.69, 9.17) is 28.3 Å². The van der Waals surface area contributed by atoms with Gasteiger partial charge < -0.3 is 10.0 Å². The number of amides is 1. The van der Waals surface area contributed by atoms with E-state index in [1.807, 2.05) is 18.2 Å². The Kier molecular flexibility index (Phi) is 5.05. The maximum Gasteiger partial charge on any atom is 0.248 e. The van der Waals surface area contributed by atoms with Crippen molar-refractivity contribution in [2.45, 2.75) is 6.54 Å². The Balaban J connectivity index is 1.94. The van der Waals surface area contributed by atoms with Gasteiger partial charge in [-0.25, -0.2) is 0 Å². The molecule has 0 saturated carbocycles. The summed E-state index contributed by atoms with van der Waals surface area (Å²) in [7, 11) is 0. The van der Waals surface area contributed by atoms with E-state index in [-0.39, 0.29) is 5.91 Å². The van der Waals surface area contributed by atoms with E-state index < -0.39 is 6.61 Å². The highest BCUT2D eigenvalue weighted by atomic mass is 35.5. The summed E-state index contributed by atoms with van der Waals surface area (Å²) in [6.07, 6.45) is 0. The van der Waals surface area contributed by atoms with Crippen LogP contribution in [0, 0.1) is 0 Å². The molecule has 0 radical (unpaired) electrons. The smallest absolute Gasteiger partial charge is 0.248 e. The zero-order valence-corrected chi connectivity index (χ0v) is 12.0. The average Bonchev–Trinajstić information content (AvgIpc) is 2.43. The molecule has 104 valence electrons. The molecule has 4 nitrogen and oxygen atoms in total. The second kappa shape index (κ2) is 6.57. The van der Waals surface area contributed by atoms with Crippen molar-refractivity contribution in [1.82, 2.24) is 9.80 Å². The molecule has 1 aromatic rings. The van der Waals surface area contributed by atoms with Crippen LogP contribution < -0.4 is 0 Å². The molecule has 1 aromatic carbocycles. The Labute approximate surface area is 122 Å². The Morgan fingerprint density at radius 2 is 1.74 bits per heavy atom. The maximum atomic E-state index is 11.4. The third-order valence-corrected chi connectivity index (χ3v) is 4.01. The number of benzene rings is 1. The van der Waals surface area contributed by atoms with E-state index >= 15 is 0 Å². The molecular weight excluding hydrogens is 287 g/mol. The minimum atomic E-state index is -0.420. The van der Waals surface area contributed by atoms with Gasteiger partial charge in [-0.3, -0.25) is 9.69 Å². The monoisotopic (exact) mass is 302 g/mol. The Hall–Kier alpha value is -0.810. The number of hydrogen-bond donors (Lipinski definition) is 1. The van der Waals surface area contributed by atoms with Gasteiger partial charge in [-0.15, -0.1) is 0 Å². The largest absolute Gasteiger partial charge is 0.387 e. The zero-order valence-electron chi connectivity index (χ0n) is 10.5. The van der Waals surface area contributed by atoms with Crippen molar-refractivity contribution in [2.75, 3.05) is 32.8 Å². The van der Waals surface area contributed by atoms with E-state index in [1.165, 1.54) is 0 Å². The zero-order chi connectivity index (χ0) is 13.8. The van der Waals surface area contributed by atoms with E-state index in [1.54, 1.807) is 4.90 Å². The first kappa shape index (κ1) is 14.6. The average molecular weight is 303 g/mol. The predicted octanol–water partition coefficient (Wildman–Crippen LogP) is 1.63. The summed E-state index contributed by atoms with van der Waals surface area (Å²) >= 11 is 12.3. The van der Waals surface area contributed by atoms with Crippen molar-refractivity contribution >= 4 is 29.1 Å². The highest BCUT2D eigenvalue weighted by Crippen LogP contribution is 2.25. The Morgan fingerprint density at radius 3 is 2.26 bits per heavy atom. The third-order valence-electron chi connectivity index (χ3n) is 3.30. The number of piperazine rings is 1. The standard InChI is InChI=1S/C13H16Cl2N2O2/c14-11-2-1-3-12(15)10(11)8-16-4-6-17(7-5-16)13(19)9-18/h1-3,18H,4-9H2. The van der Waals surface area contributed by atoms with Gasteiger partial charge in [0.05, 0.1) is 0 Å². The quantitative estimate of drug-likeness (QED) is 0.923. The van der Waals surface area contributed by atoms with Crippen molar-refractivity contribution in [3.63, 3.8) is 0 Å². The fourth-order valence-corrected chi connectivity index (χ4v) is 2.68. The number of hydrogen-bond acceptors (Lipinski definition) is 3. The van der Waals surface area contributed by atoms with Crippen LogP contribution in [0.2, 0.25) is 10.0 Å². The molecule has 0 bridgehead atoms. The van der Waals surface area contributed by atoms with Crippen molar-refractivity contribution < 1.29 is 9.90 Å². The summed E-state index contributed by atoms with van der Waals surface area (Å²) in [6, 6.07) is 5.48. The SMILES string of the molecule is O=C(CO)N1CCN(Cc2c(Cl)cccc2Cl)CC1. The van der Waals surface area contributed by atoms with Gasteiger partial charge in [-0.05, 0) is 12.1 Å². The number of aliphatic hydroxyl groups excluding tert-OH is 1. The molecule has 0 atom stereocenters. The van der Waals surface area contributed by atoms with E-state index in [9.17, 15) is 4.79 Å². The van der Waals surface area contributed by atoms with Gasteiger partial charge in [0.2, 0.25) is 5.91 Å². The molecule has 1 fully saturated rings. The van der Waals surface area contributed by atoms with Crippen LogP contribution in [0.3, 0.4) is 0 Å². The second-order valence-electron chi connectivity index (χ2n) is 4.52. The number of carbonyl (C=O) groups is 1. The lowest BCUT2D eigenvalue weighted by atomic mass is 10.2. The first-order chi connectivity index (χ1) is 9.11. The van der Waals surface area contributed by atoms with Crippen LogP contribution >= 0.6 is 23.2 Å². The predicted molar refractivity (Wildman–Crippen MR) is 75.4 cm³/mol. The lowest BCUT2D eigenvalue weighted by Crippen LogP contribution is -2.49. The minimum Gasteiger partial charge on any atom is -0.387 e. The summed E-state index contributed by atoms with van der Waals surface area (Å²) < 4.78 is 0. The molecule has 1 saturated heterocycles. The summed E-state index contributed by atoms with van der Waals surface area (Å²) in [6.45, 7) is 3.03. The van der Waals surface area contributed by atoms with Gasteiger partial charge in [0.1, 0.15) is 6.61 Å². The fourth-order valence-electron chi connectivity index (χ4n) is 2.16. The molecule has 1 heterocycles. The summed E-state index contributed by atoms with van der Waals surface area (Å²) in [5.41, 5.74) is 0.924. The lowest BCUT2D eigenvalue weighted by molar-refractivity contribution is -0.135. The molecular formula is C13H16Cl2N2O2. The van der Waals surface area contributed by atoms with Gasteiger partial charge in [0.15, 0.2) is 0 Å². The summed E-state index contributed by atoms with van der Waals surface area (Å²) in [5.74, 6) is -0.213. The van der Waals surface area contributed by atoms with Crippen LogP contribution in [0.5, 0.6) is 0 Å². The van der Waals surface area contributed by atoms with Crippen LogP contribution in [-0.4, -0.2) is 53.6 Å². The molecule has 0 aliphatic carbocycles. The van der Waals surface area contributed by atoms with E-state index in [0.717, 1.165) is 18.7 Å². The van der Waals surface area contributed by atoms with Crippen molar-refractivity contribution in [2.24, 2.45) is 0 Å². The second-order valence-corrected chi connectivity index (χ2v) is 5.33. The highest BCUT2D eigenvalue weighted by molar-refractivity contribution is 6.35. The topological polar surface area (TPSA) is 43.8 Å². The van der Waals surface area contributed by atoms with Gasteiger partial charge >= 0.3 is 0 Å². The third kappa shape index (κ3) is 3.60. The number of aliphatic hydroxyl groups is 1. The van der Waals surface area contributed by atoms with Crippen LogP contribution in [0.1, 0.15) is 5.56 Å². The van der Waals surface area contributed by atoms with Crippen LogP contribution in [0.15, 0.2) is 18.2 Å². The molecule has 1 aliphatic rings. The molecule has 6 heteroatoms. The van der Waals surface area contributed by atoms with Crippen LogP contribution in [0.4, 0.5) is 0 Å². The first-order valence-corrected chi connectivity index (χ1v) is 6.91. The Morgan fingerprint density at radius 1 is 1.16 bits per heavy atom. The molecule has 19 heavy (non-hydrogen) atoms. The summed E-state index contributed by atoms with van der Waals surface area (Å²) in [5, 5.41) is 10.2. The highest BCUT2D eigenvalue weighted by Gasteiger charge is 2.21. The van der Waals surface area contributed by atoms with Crippen molar-refractivity contribution in [3.8, 4) is 0 Å². The molecule has 0 unspecified atom stereocenters. The number of nitrogens with zero attached hydrogens (tertiary/aromatic N) is 2. The Bertz CT molecular complexity index is 440. The van der Waals surface area contributed by atoms with Crippen LogP contribution in [0.25, 0.3) is 0 Å². The number of carbonyl (C=O) groups excluding carboxylic acids is 1. The van der Waals surface area contributed by atoms with Crippen molar-refractivity contribution in [3.05, 3.63) is 33.8 Å². The molecule has 1 aliphatic heterocycles. The normalized spacial score (nSPS) is 16.7. The van der Waals surface area contributed by atoms with Gasteiger partial charge in [-0.2, -0.15) is 0 Å². The maximum absolute atomic E-state index is 11.4. The number of halogens is 2. The number of rotatable bonds is 3. The molecule has 1 amide bonds.